The monoisotopic (exact) mass is 118 g/mol. The largest absolute Gasteiger partial charge is 0.393 e. The van der Waals surface area contributed by atoms with Crippen molar-refractivity contribution in [3.05, 3.63) is 0 Å². The third-order valence-corrected chi connectivity index (χ3v) is 1.58. The molecule has 0 radical (unpaired) electrons. The summed E-state index contributed by atoms with van der Waals surface area (Å²) in [7, 11) is 0. The van der Waals surface area contributed by atoms with Crippen molar-refractivity contribution in [1.82, 2.24) is 0 Å². The molecule has 0 heterocycles. The number of halogens is 1. The van der Waals surface area contributed by atoms with Crippen LogP contribution < -0.4 is 0 Å². The van der Waals surface area contributed by atoms with Gasteiger partial charge in [-0.2, -0.15) is 0 Å². The number of hydrogen-bond donors (Lipinski definition) is 1. The molecule has 1 saturated carbocycles. The quantitative estimate of drug-likeness (QED) is 0.507. The van der Waals surface area contributed by atoms with Crippen molar-refractivity contribution in [3.8, 4) is 0 Å². The van der Waals surface area contributed by atoms with E-state index in [0.29, 0.717) is 12.8 Å². The van der Waals surface area contributed by atoms with Gasteiger partial charge in [0.1, 0.15) is 6.17 Å². The van der Waals surface area contributed by atoms with Gasteiger partial charge in [-0.1, -0.05) is 0 Å². The normalized spacial score (nSPS) is 39.8. The van der Waals surface area contributed by atoms with Crippen LogP contribution in [-0.4, -0.2) is 17.4 Å². The van der Waals surface area contributed by atoms with Gasteiger partial charge in [0.15, 0.2) is 0 Å². The number of rotatable bonds is 0. The Morgan fingerprint density at radius 3 is 2.50 bits per heavy atom. The summed E-state index contributed by atoms with van der Waals surface area (Å²) in [5.41, 5.74) is 0. The molecular weight excluding hydrogens is 107 g/mol. The molecule has 0 saturated heterocycles. The Morgan fingerprint density at radius 2 is 2.12 bits per heavy atom. The van der Waals surface area contributed by atoms with E-state index in [1.54, 1.807) is 0 Å². The summed E-state index contributed by atoms with van der Waals surface area (Å²) in [5.74, 6) is 0. The Hall–Kier alpha value is -0.110. The van der Waals surface area contributed by atoms with E-state index < -0.39 is 6.17 Å². The lowest BCUT2D eigenvalue weighted by Gasteiger charge is -2.19. The molecule has 2 heteroatoms. The molecule has 0 bridgehead atoms. The van der Waals surface area contributed by atoms with Crippen LogP contribution in [0.1, 0.15) is 25.7 Å². The lowest BCUT2D eigenvalue weighted by Crippen LogP contribution is -2.19. The number of aliphatic hydroxyl groups is 1. The minimum atomic E-state index is -0.737. The minimum Gasteiger partial charge on any atom is -0.393 e. The van der Waals surface area contributed by atoms with E-state index in [1.165, 1.54) is 0 Å². The molecule has 0 spiro atoms. The van der Waals surface area contributed by atoms with Crippen LogP contribution in [0, 0.1) is 0 Å². The van der Waals surface area contributed by atoms with Gasteiger partial charge >= 0.3 is 0 Å². The molecule has 0 aromatic rings. The molecule has 1 N–H and O–H groups in total. The lowest BCUT2D eigenvalue weighted by atomic mass is 9.96. The Kier molecular flexibility index (Phi) is 1.84. The number of hydrogen-bond acceptors (Lipinski definition) is 1. The standard InChI is InChI=1S/C6H11FO/c7-5-2-1-3-6(8)4-5/h5-6,8H,1-4H2. The van der Waals surface area contributed by atoms with E-state index in [2.05, 4.69) is 0 Å². The van der Waals surface area contributed by atoms with Crippen LogP contribution in [0.3, 0.4) is 0 Å². The lowest BCUT2D eigenvalue weighted by molar-refractivity contribution is 0.0839. The Balaban J connectivity index is 2.23. The molecule has 0 aromatic heterocycles. The molecule has 0 aromatic carbocycles. The summed E-state index contributed by atoms with van der Waals surface area (Å²) in [6.07, 6.45) is 1.55. The zero-order valence-corrected chi connectivity index (χ0v) is 4.81. The summed E-state index contributed by atoms with van der Waals surface area (Å²) in [6.45, 7) is 0. The van der Waals surface area contributed by atoms with Crippen molar-refractivity contribution in [2.45, 2.75) is 38.0 Å². The molecule has 1 fully saturated rings. The molecule has 0 amide bonds. The van der Waals surface area contributed by atoms with Gasteiger partial charge in [0.05, 0.1) is 6.10 Å². The molecule has 1 aliphatic rings. The van der Waals surface area contributed by atoms with E-state index in [9.17, 15) is 4.39 Å². The van der Waals surface area contributed by atoms with Crippen LogP contribution >= 0.6 is 0 Å². The predicted octanol–water partition coefficient (Wildman–Crippen LogP) is 1.26. The highest BCUT2D eigenvalue weighted by atomic mass is 19.1. The molecule has 1 rings (SSSR count). The van der Waals surface area contributed by atoms with Gasteiger partial charge in [0.2, 0.25) is 0 Å². The summed E-state index contributed by atoms with van der Waals surface area (Å²) in [5, 5.41) is 8.84. The van der Waals surface area contributed by atoms with Gasteiger partial charge in [0.25, 0.3) is 0 Å². The maximum atomic E-state index is 12.3. The van der Waals surface area contributed by atoms with E-state index in [4.69, 9.17) is 5.11 Å². The van der Waals surface area contributed by atoms with Gasteiger partial charge in [-0.25, -0.2) is 4.39 Å². The smallest absolute Gasteiger partial charge is 0.103 e. The second-order valence-electron chi connectivity index (χ2n) is 2.42. The summed E-state index contributed by atoms with van der Waals surface area (Å²) in [6, 6.07) is 0. The van der Waals surface area contributed by atoms with Crippen molar-refractivity contribution < 1.29 is 9.50 Å². The first-order valence-electron chi connectivity index (χ1n) is 3.11. The van der Waals surface area contributed by atoms with Crippen LogP contribution in [-0.2, 0) is 0 Å². The van der Waals surface area contributed by atoms with Crippen molar-refractivity contribution in [3.63, 3.8) is 0 Å². The van der Waals surface area contributed by atoms with Crippen LogP contribution in [0.5, 0.6) is 0 Å². The summed E-state index contributed by atoms with van der Waals surface area (Å²) in [4.78, 5) is 0. The number of alkyl halides is 1. The van der Waals surface area contributed by atoms with Crippen LogP contribution in [0.15, 0.2) is 0 Å². The van der Waals surface area contributed by atoms with E-state index in [1.807, 2.05) is 0 Å². The van der Waals surface area contributed by atoms with Gasteiger partial charge in [-0.15, -0.1) is 0 Å². The second-order valence-corrected chi connectivity index (χ2v) is 2.42. The topological polar surface area (TPSA) is 20.2 Å². The van der Waals surface area contributed by atoms with E-state index in [0.717, 1.165) is 12.8 Å². The van der Waals surface area contributed by atoms with Gasteiger partial charge < -0.3 is 5.11 Å². The molecule has 0 aliphatic heterocycles. The number of aliphatic hydroxyl groups excluding tert-OH is 1. The molecule has 2 unspecified atom stereocenters. The first-order chi connectivity index (χ1) is 3.79. The summed E-state index contributed by atoms with van der Waals surface area (Å²) < 4.78 is 12.3. The van der Waals surface area contributed by atoms with Crippen LogP contribution in [0.25, 0.3) is 0 Å². The first kappa shape index (κ1) is 6.02. The Bertz CT molecular complexity index is 66.9. The fourth-order valence-corrected chi connectivity index (χ4v) is 1.11. The summed E-state index contributed by atoms with van der Waals surface area (Å²) >= 11 is 0. The van der Waals surface area contributed by atoms with Crippen molar-refractivity contribution in [1.29, 1.82) is 0 Å². The average Bonchev–Trinajstić information content (AvgIpc) is 1.64. The maximum absolute atomic E-state index is 12.3. The third-order valence-electron chi connectivity index (χ3n) is 1.58. The zero-order valence-electron chi connectivity index (χ0n) is 4.81. The molecule has 48 valence electrons. The van der Waals surface area contributed by atoms with Gasteiger partial charge in [-0.3, -0.25) is 0 Å². The SMILES string of the molecule is OC1CCCC(F)C1. The first-order valence-corrected chi connectivity index (χ1v) is 3.11. The molecular formula is C6H11FO. The van der Waals surface area contributed by atoms with Gasteiger partial charge in [0, 0.05) is 6.42 Å². The molecule has 2 atom stereocenters. The van der Waals surface area contributed by atoms with E-state index in [-0.39, 0.29) is 6.10 Å². The predicted molar refractivity (Wildman–Crippen MR) is 29.4 cm³/mol. The third kappa shape index (κ3) is 1.44. The maximum Gasteiger partial charge on any atom is 0.103 e. The van der Waals surface area contributed by atoms with Crippen molar-refractivity contribution in [2.24, 2.45) is 0 Å². The van der Waals surface area contributed by atoms with Crippen LogP contribution in [0.2, 0.25) is 0 Å². The van der Waals surface area contributed by atoms with E-state index >= 15 is 0 Å². The highest BCUT2D eigenvalue weighted by molar-refractivity contribution is 4.70. The fraction of sp³-hybridized carbons (Fsp3) is 1.00. The van der Waals surface area contributed by atoms with Crippen LogP contribution in [0.4, 0.5) is 4.39 Å². The minimum absolute atomic E-state index is 0.361. The highest BCUT2D eigenvalue weighted by Crippen LogP contribution is 2.20. The van der Waals surface area contributed by atoms with Gasteiger partial charge in [-0.05, 0) is 19.3 Å². The van der Waals surface area contributed by atoms with Crippen molar-refractivity contribution >= 4 is 0 Å². The average molecular weight is 118 g/mol. The molecule has 1 aliphatic carbocycles. The fourth-order valence-electron chi connectivity index (χ4n) is 1.11. The highest BCUT2D eigenvalue weighted by Gasteiger charge is 2.18. The van der Waals surface area contributed by atoms with Crippen molar-refractivity contribution in [2.75, 3.05) is 0 Å². The zero-order chi connectivity index (χ0) is 5.98. The molecule has 8 heavy (non-hydrogen) atoms. The molecule has 1 nitrogen and oxygen atoms in total. The second kappa shape index (κ2) is 2.44. The Morgan fingerprint density at radius 1 is 1.38 bits per heavy atom. The Labute approximate surface area is 48.5 Å².